The van der Waals surface area contributed by atoms with Crippen molar-refractivity contribution in [1.29, 1.82) is 0 Å². The van der Waals surface area contributed by atoms with Gasteiger partial charge in [-0.1, -0.05) is 57.9 Å². The molecule has 1 nitrogen and oxygen atoms in total. The highest BCUT2D eigenvalue weighted by molar-refractivity contribution is 9.10. The zero-order valence-corrected chi connectivity index (χ0v) is 14.3. The van der Waals surface area contributed by atoms with Crippen molar-refractivity contribution in [2.75, 3.05) is 5.32 Å². The molecule has 21 heavy (non-hydrogen) atoms. The van der Waals surface area contributed by atoms with E-state index in [1.54, 1.807) is 11.3 Å². The van der Waals surface area contributed by atoms with E-state index in [4.69, 9.17) is 11.6 Å². The molecule has 0 saturated carbocycles. The average molecular weight is 379 g/mol. The van der Waals surface area contributed by atoms with E-state index in [2.05, 4.69) is 57.0 Å². The molecule has 106 valence electrons. The van der Waals surface area contributed by atoms with Crippen molar-refractivity contribution >= 4 is 44.6 Å². The van der Waals surface area contributed by atoms with E-state index >= 15 is 0 Å². The molecule has 0 amide bonds. The van der Waals surface area contributed by atoms with Gasteiger partial charge in [-0.05, 0) is 35.2 Å². The lowest BCUT2D eigenvalue weighted by Gasteiger charge is -2.12. The van der Waals surface area contributed by atoms with Crippen LogP contribution in [0.3, 0.4) is 0 Å². The fraction of sp³-hybridized carbons (Fsp3) is 0.0588. The van der Waals surface area contributed by atoms with Crippen molar-refractivity contribution in [3.05, 3.63) is 75.0 Å². The molecule has 0 bridgehead atoms. The van der Waals surface area contributed by atoms with Gasteiger partial charge in [0.2, 0.25) is 0 Å². The van der Waals surface area contributed by atoms with E-state index < -0.39 is 0 Å². The van der Waals surface area contributed by atoms with Crippen molar-refractivity contribution in [1.82, 2.24) is 0 Å². The maximum absolute atomic E-state index is 6.27. The number of hydrogen-bond donors (Lipinski definition) is 1. The largest absolute Gasteiger partial charge is 0.380 e. The van der Waals surface area contributed by atoms with Crippen LogP contribution < -0.4 is 5.32 Å². The van der Waals surface area contributed by atoms with E-state index in [9.17, 15) is 0 Å². The Labute approximate surface area is 141 Å². The Morgan fingerprint density at radius 2 is 1.90 bits per heavy atom. The molecule has 3 rings (SSSR count). The zero-order chi connectivity index (χ0) is 14.7. The molecule has 0 aliphatic rings. The Balaban J connectivity index is 1.83. The molecule has 0 aliphatic carbocycles. The SMILES string of the molecule is Clc1cc(Br)ccc1CNc1ccccc1-c1cccs1. The van der Waals surface area contributed by atoms with Gasteiger partial charge >= 0.3 is 0 Å². The summed E-state index contributed by atoms with van der Waals surface area (Å²) in [5.74, 6) is 0. The highest BCUT2D eigenvalue weighted by atomic mass is 79.9. The summed E-state index contributed by atoms with van der Waals surface area (Å²) in [4.78, 5) is 1.26. The number of para-hydroxylation sites is 1. The number of halogens is 2. The van der Waals surface area contributed by atoms with Gasteiger partial charge in [0.05, 0.1) is 0 Å². The second-order valence-corrected chi connectivity index (χ2v) is 6.88. The third-order valence-electron chi connectivity index (χ3n) is 3.20. The third-order valence-corrected chi connectivity index (χ3v) is 4.95. The fourth-order valence-electron chi connectivity index (χ4n) is 2.14. The first-order chi connectivity index (χ1) is 10.2. The summed E-state index contributed by atoms with van der Waals surface area (Å²) in [6.07, 6.45) is 0. The third kappa shape index (κ3) is 3.49. The minimum Gasteiger partial charge on any atom is -0.380 e. The van der Waals surface area contributed by atoms with Crippen LogP contribution in [0, 0.1) is 0 Å². The van der Waals surface area contributed by atoms with Gasteiger partial charge in [0.25, 0.3) is 0 Å². The van der Waals surface area contributed by atoms with Crippen LogP contribution in [0.4, 0.5) is 5.69 Å². The predicted molar refractivity (Wildman–Crippen MR) is 96.2 cm³/mol. The maximum Gasteiger partial charge on any atom is 0.0467 e. The Morgan fingerprint density at radius 1 is 1.05 bits per heavy atom. The lowest BCUT2D eigenvalue weighted by molar-refractivity contribution is 1.15. The Kier molecular flexibility index (Phi) is 4.63. The molecule has 0 aliphatic heterocycles. The van der Waals surface area contributed by atoms with Gasteiger partial charge in [-0.15, -0.1) is 11.3 Å². The van der Waals surface area contributed by atoms with Crippen LogP contribution in [0.5, 0.6) is 0 Å². The molecule has 1 aromatic heterocycles. The number of hydrogen-bond acceptors (Lipinski definition) is 2. The summed E-state index contributed by atoms with van der Waals surface area (Å²) in [5, 5.41) is 6.35. The van der Waals surface area contributed by atoms with Crippen LogP contribution in [-0.4, -0.2) is 0 Å². The van der Waals surface area contributed by atoms with Crippen LogP contribution in [0.15, 0.2) is 64.5 Å². The molecule has 1 heterocycles. The van der Waals surface area contributed by atoms with Gasteiger partial charge < -0.3 is 5.32 Å². The van der Waals surface area contributed by atoms with Crippen LogP contribution in [0.25, 0.3) is 10.4 Å². The van der Waals surface area contributed by atoms with E-state index in [0.717, 1.165) is 20.7 Å². The predicted octanol–water partition coefficient (Wildman–Crippen LogP) is 6.44. The Hall–Kier alpha value is -1.29. The van der Waals surface area contributed by atoms with E-state index in [-0.39, 0.29) is 0 Å². The molecule has 2 aromatic carbocycles. The maximum atomic E-state index is 6.27. The molecule has 3 aromatic rings. The number of benzene rings is 2. The zero-order valence-electron chi connectivity index (χ0n) is 11.1. The minimum atomic E-state index is 0.703. The Bertz CT molecular complexity index is 740. The van der Waals surface area contributed by atoms with Gasteiger partial charge in [-0.2, -0.15) is 0 Å². The summed E-state index contributed by atoms with van der Waals surface area (Å²) in [6, 6.07) is 18.5. The highest BCUT2D eigenvalue weighted by Gasteiger charge is 2.06. The van der Waals surface area contributed by atoms with Crippen molar-refractivity contribution in [3.63, 3.8) is 0 Å². The standard InChI is InChI=1S/C17H13BrClNS/c18-13-8-7-12(15(19)10-13)11-20-16-5-2-1-4-14(16)17-6-3-9-21-17/h1-10,20H,11H2. The van der Waals surface area contributed by atoms with Crippen LogP contribution >= 0.6 is 38.9 Å². The van der Waals surface area contributed by atoms with Crippen molar-refractivity contribution in [2.24, 2.45) is 0 Å². The summed E-state index contributed by atoms with van der Waals surface area (Å²) >= 11 is 11.4. The van der Waals surface area contributed by atoms with Gasteiger partial charge in [0.1, 0.15) is 0 Å². The molecule has 0 radical (unpaired) electrons. The van der Waals surface area contributed by atoms with Crippen LogP contribution in [0.1, 0.15) is 5.56 Å². The molecule has 0 spiro atoms. The smallest absolute Gasteiger partial charge is 0.0467 e. The first kappa shape index (κ1) is 14.6. The molecule has 0 fully saturated rings. The van der Waals surface area contributed by atoms with Gasteiger partial charge in [0.15, 0.2) is 0 Å². The molecule has 4 heteroatoms. The normalized spacial score (nSPS) is 10.6. The first-order valence-corrected chi connectivity index (χ1v) is 8.60. The summed E-state index contributed by atoms with van der Waals surface area (Å²) < 4.78 is 0.996. The molecule has 1 N–H and O–H groups in total. The molecule has 0 atom stereocenters. The van der Waals surface area contributed by atoms with E-state index in [1.807, 2.05) is 24.3 Å². The summed E-state index contributed by atoms with van der Waals surface area (Å²) in [7, 11) is 0. The molecular formula is C17H13BrClNS. The first-order valence-electron chi connectivity index (χ1n) is 6.55. The lowest BCUT2D eigenvalue weighted by atomic mass is 10.1. The van der Waals surface area contributed by atoms with Crippen molar-refractivity contribution < 1.29 is 0 Å². The second-order valence-electron chi connectivity index (χ2n) is 4.61. The number of thiophene rings is 1. The fourth-order valence-corrected chi connectivity index (χ4v) is 3.65. The van der Waals surface area contributed by atoms with Gasteiger partial charge in [0, 0.05) is 32.2 Å². The summed E-state index contributed by atoms with van der Waals surface area (Å²) in [5.41, 5.74) is 3.43. The average Bonchev–Trinajstić information content (AvgIpc) is 3.01. The number of rotatable bonds is 4. The topological polar surface area (TPSA) is 12.0 Å². The van der Waals surface area contributed by atoms with Crippen LogP contribution in [0.2, 0.25) is 5.02 Å². The van der Waals surface area contributed by atoms with E-state index in [1.165, 1.54) is 10.4 Å². The highest BCUT2D eigenvalue weighted by Crippen LogP contribution is 2.32. The molecule has 0 unspecified atom stereocenters. The van der Waals surface area contributed by atoms with Crippen molar-refractivity contribution in [2.45, 2.75) is 6.54 Å². The second kappa shape index (κ2) is 6.65. The number of nitrogens with one attached hydrogen (secondary N) is 1. The molecule has 0 saturated heterocycles. The minimum absolute atomic E-state index is 0.703. The van der Waals surface area contributed by atoms with Gasteiger partial charge in [-0.25, -0.2) is 0 Å². The van der Waals surface area contributed by atoms with E-state index in [0.29, 0.717) is 6.54 Å². The molecular weight excluding hydrogens is 366 g/mol. The Morgan fingerprint density at radius 3 is 2.67 bits per heavy atom. The summed E-state index contributed by atoms with van der Waals surface area (Å²) in [6.45, 7) is 0.703. The van der Waals surface area contributed by atoms with Gasteiger partial charge in [-0.3, -0.25) is 0 Å². The quantitative estimate of drug-likeness (QED) is 0.550. The van der Waals surface area contributed by atoms with Crippen molar-refractivity contribution in [3.8, 4) is 10.4 Å². The lowest BCUT2D eigenvalue weighted by Crippen LogP contribution is -2.01. The monoisotopic (exact) mass is 377 g/mol. The van der Waals surface area contributed by atoms with Crippen LogP contribution in [-0.2, 0) is 6.54 Å². The number of anilines is 1.